The van der Waals surface area contributed by atoms with E-state index < -0.39 is 15.8 Å². The summed E-state index contributed by atoms with van der Waals surface area (Å²) in [6.07, 6.45) is 0. The predicted octanol–water partition coefficient (Wildman–Crippen LogP) is 2.87. The Morgan fingerprint density at radius 3 is 2.32 bits per heavy atom. The summed E-state index contributed by atoms with van der Waals surface area (Å²) >= 11 is 0. The molecule has 0 aromatic heterocycles. The van der Waals surface area contributed by atoms with Crippen molar-refractivity contribution >= 4 is 34.0 Å². The highest BCUT2D eigenvalue weighted by molar-refractivity contribution is 7.92. The standard InChI is InChI=1S/C19H22FN3O3S.ClH/c1-13-14(2)23(12-11-21-13)19(24)15-3-9-18(10-4-15)27(25,26)22-17-7-5-16(20)6-8-17;/h3-10,13-14,21-22H,11-12H2,1-2H3;1H. The van der Waals surface area contributed by atoms with Gasteiger partial charge in [0.2, 0.25) is 0 Å². The lowest BCUT2D eigenvalue weighted by Crippen LogP contribution is -2.57. The second kappa shape index (κ2) is 8.89. The number of carbonyl (C=O) groups excluding carboxylic acids is 1. The minimum absolute atomic E-state index is 0. The smallest absolute Gasteiger partial charge is 0.261 e. The lowest BCUT2D eigenvalue weighted by Gasteiger charge is -2.38. The number of hydrogen-bond donors (Lipinski definition) is 2. The Kier molecular flexibility index (Phi) is 7.03. The van der Waals surface area contributed by atoms with E-state index in [0.717, 1.165) is 6.54 Å². The number of amides is 1. The molecular weight excluding hydrogens is 405 g/mol. The van der Waals surface area contributed by atoms with Gasteiger partial charge >= 0.3 is 0 Å². The predicted molar refractivity (Wildman–Crippen MR) is 109 cm³/mol. The molecule has 1 aliphatic rings. The lowest BCUT2D eigenvalue weighted by atomic mass is 10.1. The van der Waals surface area contributed by atoms with Gasteiger partial charge < -0.3 is 10.2 Å². The molecule has 1 saturated heterocycles. The number of anilines is 1. The molecule has 2 N–H and O–H groups in total. The first-order chi connectivity index (χ1) is 12.8. The summed E-state index contributed by atoms with van der Waals surface area (Å²) in [7, 11) is -3.82. The second-order valence-electron chi connectivity index (χ2n) is 6.62. The van der Waals surface area contributed by atoms with Crippen LogP contribution in [0.1, 0.15) is 24.2 Å². The molecule has 0 bridgehead atoms. The van der Waals surface area contributed by atoms with Gasteiger partial charge in [-0.1, -0.05) is 0 Å². The van der Waals surface area contributed by atoms with E-state index >= 15 is 0 Å². The summed E-state index contributed by atoms with van der Waals surface area (Å²) in [4.78, 5) is 14.6. The van der Waals surface area contributed by atoms with Crippen LogP contribution in [0.5, 0.6) is 0 Å². The van der Waals surface area contributed by atoms with Crippen LogP contribution in [0.4, 0.5) is 10.1 Å². The first-order valence-corrected chi connectivity index (χ1v) is 10.2. The van der Waals surface area contributed by atoms with Crippen LogP contribution in [0.3, 0.4) is 0 Å². The summed E-state index contributed by atoms with van der Waals surface area (Å²) in [5.41, 5.74) is 0.705. The Hall–Kier alpha value is -2.16. The number of benzene rings is 2. The number of nitrogens with zero attached hydrogens (tertiary/aromatic N) is 1. The van der Waals surface area contributed by atoms with Crippen LogP contribution < -0.4 is 10.0 Å². The normalized spacial score (nSPS) is 19.6. The third-order valence-electron chi connectivity index (χ3n) is 4.80. The van der Waals surface area contributed by atoms with Gasteiger partial charge in [-0.2, -0.15) is 0 Å². The van der Waals surface area contributed by atoms with Crippen LogP contribution >= 0.6 is 12.4 Å². The molecule has 28 heavy (non-hydrogen) atoms. The van der Waals surface area contributed by atoms with Gasteiger partial charge in [-0.05, 0) is 62.4 Å². The van der Waals surface area contributed by atoms with Crippen LogP contribution in [0.25, 0.3) is 0 Å². The number of carbonyl (C=O) groups is 1. The second-order valence-corrected chi connectivity index (χ2v) is 8.30. The van der Waals surface area contributed by atoms with E-state index in [0.29, 0.717) is 12.1 Å². The number of nitrogens with one attached hydrogen (secondary N) is 2. The van der Waals surface area contributed by atoms with Gasteiger partial charge in [0.15, 0.2) is 0 Å². The molecule has 1 heterocycles. The van der Waals surface area contributed by atoms with Gasteiger partial charge in [0.25, 0.3) is 15.9 Å². The zero-order valence-corrected chi connectivity index (χ0v) is 17.2. The maximum Gasteiger partial charge on any atom is 0.261 e. The monoisotopic (exact) mass is 427 g/mol. The summed E-state index contributed by atoms with van der Waals surface area (Å²) < 4.78 is 40.3. The van der Waals surface area contributed by atoms with E-state index in [1.54, 1.807) is 4.90 Å². The Bertz CT molecular complexity index is 920. The molecule has 1 amide bonds. The van der Waals surface area contributed by atoms with E-state index in [1.165, 1.54) is 48.5 Å². The van der Waals surface area contributed by atoms with Gasteiger partial charge in [0.05, 0.1) is 4.90 Å². The Morgan fingerprint density at radius 2 is 1.71 bits per heavy atom. The first-order valence-electron chi connectivity index (χ1n) is 8.71. The molecule has 152 valence electrons. The highest BCUT2D eigenvalue weighted by atomic mass is 35.5. The summed E-state index contributed by atoms with van der Waals surface area (Å²) in [5, 5.41) is 3.32. The Morgan fingerprint density at radius 1 is 1.11 bits per heavy atom. The minimum Gasteiger partial charge on any atom is -0.333 e. The van der Waals surface area contributed by atoms with E-state index in [1.807, 2.05) is 13.8 Å². The van der Waals surface area contributed by atoms with Crippen molar-refractivity contribution in [3.8, 4) is 0 Å². The average molecular weight is 428 g/mol. The minimum atomic E-state index is -3.82. The number of sulfonamides is 1. The molecule has 2 unspecified atom stereocenters. The van der Waals surface area contributed by atoms with Crippen molar-refractivity contribution in [3.63, 3.8) is 0 Å². The van der Waals surface area contributed by atoms with E-state index in [9.17, 15) is 17.6 Å². The highest BCUT2D eigenvalue weighted by Crippen LogP contribution is 2.19. The maximum absolute atomic E-state index is 13.0. The summed E-state index contributed by atoms with van der Waals surface area (Å²) in [6, 6.07) is 11.1. The fourth-order valence-corrected chi connectivity index (χ4v) is 4.08. The molecule has 0 radical (unpaired) electrons. The third-order valence-corrected chi connectivity index (χ3v) is 6.20. The van der Waals surface area contributed by atoms with Crippen LogP contribution in [0.2, 0.25) is 0 Å². The molecule has 3 rings (SSSR count). The molecule has 0 saturated carbocycles. The molecule has 2 aromatic rings. The number of piperazine rings is 1. The van der Waals surface area contributed by atoms with Gasteiger partial charge in [-0.15, -0.1) is 12.4 Å². The van der Waals surface area contributed by atoms with Crippen molar-refractivity contribution < 1.29 is 17.6 Å². The van der Waals surface area contributed by atoms with Gasteiger partial charge in [0, 0.05) is 36.4 Å². The van der Waals surface area contributed by atoms with E-state index in [4.69, 9.17) is 0 Å². The topological polar surface area (TPSA) is 78.5 Å². The summed E-state index contributed by atoms with van der Waals surface area (Å²) in [6.45, 7) is 5.35. The largest absolute Gasteiger partial charge is 0.333 e. The molecule has 1 fully saturated rings. The van der Waals surface area contributed by atoms with Crippen molar-refractivity contribution in [2.24, 2.45) is 0 Å². The van der Waals surface area contributed by atoms with Crippen LogP contribution in [-0.4, -0.2) is 44.4 Å². The maximum atomic E-state index is 13.0. The number of hydrogen-bond acceptors (Lipinski definition) is 4. The molecule has 0 aliphatic carbocycles. The van der Waals surface area contributed by atoms with Gasteiger partial charge in [-0.3, -0.25) is 9.52 Å². The molecule has 6 nitrogen and oxygen atoms in total. The van der Waals surface area contributed by atoms with Crippen LogP contribution in [0.15, 0.2) is 53.4 Å². The van der Waals surface area contributed by atoms with E-state index in [-0.39, 0.29) is 41.0 Å². The number of halogens is 2. The van der Waals surface area contributed by atoms with Gasteiger partial charge in [0.1, 0.15) is 5.82 Å². The molecule has 2 atom stereocenters. The zero-order chi connectivity index (χ0) is 19.6. The van der Waals surface area contributed by atoms with Gasteiger partial charge in [-0.25, -0.2) is 12.8 Å². The lowest BCUT2D eigenvalue weighted by molar-refractivity contribution is 0.0603. The fraction of sp³-hybridized carbons (Fsp3) is 0.316. The molecule has 0 spiro atoms. The van der Waals surface area contributed by atoms with Crippen LogP contribution in [-0.2, 0) is 10.0 Å². The molecule has 9 heteroatoms. The van der Waals surface area contributed by atoms with Crippen molar-refractivity contribution in [1.82, 2.24) is 10.2 Å². The van der Waals surface area contributed by atoms with Crippen molar-refractivity contribution in [2.75, 3.05) is 17.8 Å². The fourth-order valence-electron chi connectivity index (χ4n) is 3.02. The first kappa shape index (κ1) is 22.1. The van der Waals surface area contributed by atoms with Crippen LogP contribution in [0, 0.1) is 5.82 Å². The van der Waals surface area contributed by atoms with Crippen molar-refractivity contribution in [3.05, 3.63) is 59.9 Å². The average Bonchev–Trinajstić information content (AvgIpc) is 2.65. The van der Waals surface area contributed by atoms with Crippen molar-refractivity contribution in [1.29, 1.82) is 0 Å². The highest BCUT2D eigenvalue weighted by Gasteiger charge is 2.28. The number of rotatable bonds is 4. The Balaban J connectivity index is 0.00000280. The quantitative estimate of drug-likeness (QED) is 0.786. The van der Waals surface area contributed by atoms with E-state index in [2.05, 4.69) is 10.0 Å². The van der Waals surface area contributed by atoms with Crippen molar-refractivity contribution in [2.45, 2.75) is 30.8 Å². The molecular formula is C19H23ClFN3O3S. The summed E-state index contributed by atoms with van der Waals surface area (Å²) in [5.74, 6) is -0.566. The molecule has 2 aromatic carbocycles. The molecule has 1 aliphatic heterocycles. The SMILES string of the molecule is CC1NCCN(C(=O)c2ccc(S(=O)(=O)Nc3ccc(F)cc3)cc2)C1C.Cl. The third kappa shape index (κ3) is 4.81. The Labute approximate surface area is 170 Å². The zero-order valence-electron chi connectivity index (χ0n) is 15.6.